The van der Waals surface area contributed by atoms with Crippen LogP contribution in [0.2, 0.25) is 0 Å². The van der Waals surface area contributed by atoms with Crippen molar-refractivity contribution >= 4 is 5.69 Å². The van der Waals surface area contributed by atoms with Gasteiger partial charge in [0.15, 0.2) is 0 Å². The molecule has 2 aromatic rings. The zero-order valence-electron chi connectivity index (χ0n) is 13.8. The Bertz CT molecular complexity index is 668. The summed E-state index contributed by atoms with van der Waals surface area (Å²) in [6, 6.07) is 14.1. The first kappa shape index (κ1) is 15.9. The zero-order chi connectivity index (χ0) is 16.2. The average molecular weight is 310 g/mol. The van der Waals surface area contributed by atoms with Crippen LogP contribution in [0.3, 0.4) is 0 Å². The van der Waals surface area contributed by atoms with Crippen molar-refractivity contribution in [1.29, 1.82) is 0 Å². The van der Waals surface area contributed by atoms with Gasteiger partial charge in [-0.1, -0.05) is 18.2 Å². The molecule has 3 nitrogen and oxygen atoms in total. The average Bonchev–Trinajstić information content (AvgIpc) is 2.53. The van der Waals surface area contributed by atoms with Gasteiger partial charge in [-0.25, -0.2) is 0 Å². The fraction of sp³-hybridized carbons (Fsp3) is 0.400. The molecule has 0 radical (unpaired) electrons. The van der Waals surface area contributed by atoms with Crippen LogP contribution in [0.5, 0.6) is 5.75 Å². The Balaban J connectivity index is 1.87. The SMILES string of the molecule is CNCC(Cc1cccc(N)c1)C1CCCc2cc(O)ccc21. The van der Waals surface area contributed by atoms with Crippen LogP contribution < -0.4 is 11.1 Å². The summed E-state index contributed by atoms with van der Waals surface area (Å²) >= 11 is 0. The lowest BCUT2D eigenvalue weighted by Crippen LogP contribution is -2.29. The van der Waals surface area contributed by atoms with E-state index >= 15 is 0 Å². The lowest BCUT2D eigenvalue weighted by molar-refractivity contribution is 0.365. The minimum absolute atomic E-state index is 0.380. The second kappa shape index (κ2) is 7.05. The summed E-state index contributed by atoms with van der Waals surface area (Å²) in [7, 11) is 2.02. The van der Waals surface area contributed by atoms with Crippen molar-refractivity contribution in [2.45, 2.75) is 31.6 Å². The number of hydrogen-bond donors (Lipinski definition) is 3. The lowest BCUT2D eigenvalue weighted by Gasteiger charge is -2.33. The van der Waals surface area contributed by atoms with Crippen LogP contribution in [0.4, 0.5) is 5.69 Å². The molecule has 3 rings (SSSR count). The van der Waals surface area contributed by atoms with Gasteiger partial charge in [0.05, 0.1) is 0 Å². The number of fused-ring (bicyclic) bond motifs is 1. The highest BCUT2D eigenvalue weighted by molar-refractivity contribution is 5.42. The van der Waals surface area contributed by atoms with E-state index in [1.54, 1.807) is 0 Å². The molecular weight excluding hydrogens is 284 g/mol. The largest absolute Gasteiger partial charge is 0.508 e. The summed E-state index contributed by atoms with van der Waals surface area (Å²) in [6.45, 7) is 0.986. The molecule has 1 aliphatic rings. The van der Waals surface area contributed by atoms with Crippen LogP contribution >= 0.6 is 0 Å². The number of phenols is 1. The Morgan fingerprint density at radius 2 is 2.13 bits per heavy atom. The molecule has 0 aliphatic heterocycles. The number of nitrogens with two attached hydrogens (primary N) is 1. The molecule has 2 aromatic carbocycles. The maximum Gasteiger partial charge on any atom is 0.115 e. The molecule has 1 aliphatic carbocycles. The molecule has 0 saturated heterocycles. The van der Waals surface area contributed by atoms with Crippen LogP contribution in [-0.2, 0) is 12.8 Å². The molecule has 2 unspecified atom stereocenters. The molecular formula is C20H26N2O. The molecule has 0 spiro atoms. The molecule has 4 N–H and O–H groups in total. The predicted octanol–water partition coefficient (Wildman–Crippen LogP) is 3.47. The van der Waals surface area contributed by atoms with Crippen LogP contribution in [0.1, 0.15) is 35.4 Å². The van der Waals surface area contributed by atoms with E-state index < -0.39 is 0 Å². The predicted molar refractivity (Wildman–Crippen MR) is 95.8 cm³/mol. The summed E-state index contributed by atoms with van der Waals surface area (Å²) in [5, 5.41) is 13.1. The molecule has 0 heterocycles. The topological polar surface area (TPSA) is 58.3 Å². The van der Waals surface area contributed by atoms with Crippen molar-refractivity contribution in [3.63, 3.8) is 0 Å². The van der Waals surface area contributed by atoms with Crippen molar-refractivity contribution in [3.05, 3.63) is 59.2 Å². The Labute approximate surface area is 138 Å². The van der Waals surface area contributed by atoms with Gasteiger partial charge >= 0.3 is 0 Å². The Morgan fingerprint density at radius 3 is 2.91 bits per heavy atom. The number of rotatable bonds is 5. The fourth-order valence-electron chi connectivity index (χ4n) is 3.97. The third kappa shape index (κ3) is 3.67. The second-order valence-electron chi connectivity index (χ2n) is 6.65. The number of benzene rings is 2. The van der Waals surface area contributed by atoms with Gasteiger partial charge in [-0.2, -0.15) is 0 Å². The number of aromatic hydroxyl groups is 1. The molecule has 0 amide bonds. The second-order valence-corrected chi connectivity index (χ2v) is 6.65. The van der Waals surface area contributed by atoms with Gasteiger partial charge in [0.25, 0.3) is 0 Å². The van der Waals surface area contributed by atoms with E-state index in [2.05, 4.69) is 23.5 Å². The third-order valence-corrected chi connectivity index (χ3v) is 4.97. The first-order valence-corrected chi connectivity index (χ1v) is 8.48. The highest BCUT2D eigenvalue weighted by Gasteiger charge is 2.28. The van der Waals surface area contributed by atoms with Crippen molar-refractivity contribution in [3.8, 4) is 5.75 Å². The number of anilines is 1. The summed E-state index contributed by atoms with van der Waals surface area (Å²) in [4.78, 5) is 0. The molecule has 23 heavy (non-hydrogen) atoms. The standard InChI is InChI=1S/C20H26N2O/c1-22-13-16(10-14-4-2-6-17(21)11-14)19-7-3-5-15-12-18(23)8-9-20(15)19/h2,4,6,8-9,11-12,16,19,22-23H,3,5,7,10,13,21H2,1H3. The molecule has 2 atom stereocenters. The summed E-state index contributed by atoms with van der Waals surface area (Å²) in [6.07, 6.45) is 4.51. The minimum atomic E-state index is 0.380. The van der Waals surface area contributed by atoms with Gasteiger partial charge in [0.1, 0.15) is 5.75 Å². The molecule has 0 fully saturated rings. The minimum Gasteiger partial charge on any atom is -0.508 e. The maximum atomic E-state index is 9.76. The molecule has 0 bridgehead atoms. The van der Waals surface area contributed by atoms with Crippen LogP contribution in [0.25, 0.3) is 0 Å². The summed E-state index contributed by atoms with van der Waals surface area (Å²) < 4.78 is 0. The van der Waals surface area contributed by atoms with Gasteiger partial charge in [0.2, 0.25) is 0 Å². The van der Waals surface area contributed by atoms with Gasteiger partial charge in [-0.05, 0) is 92.1 Å². The third-order valence-electron chi connectivity index (χ3n) is 4.97. The Hall–Kier alpha value is -2.00. The number of nitrogen functional groups attached to an aromatic ring is 1. The van der Waals surface area contributed by atoms with E-state index in [0.29, 0.717) is 17.6 Å². The highest BCUT2D eigenvalue weighted by Crippen LogP contribution is 2.39. The van der Waals surface area contributed by atoms with Crippen LogP contribution in [0.15, 0.2) is 42.5 Å². The van der Waals surface area contributed by atoms with Crippen molar-refractivity contribution < 1.29 is 5.11 Å². The quantitative estimate of drug-likeness (QED) is 0.741. The Morgan fingerprint density at radius 1 is 1.26 bits per heavy atom. The van der Waals surface area contributed by atoms with Gasteiger partial charge in [-0.3, -0.25) is 0 Å². The highest BCUT2D eigenvalue weighted by atomic mass is 16.3. The van der Waals surface area contributed by atoms with E-state index in [4.69, 9.17) is 5.73 Å². The summed E-state index contributed by atoms with van der Waals surface area (Å²) in [5.74, 6) is 1.45. The number of phenolic OH excluding ortho intramolecular Hbond substituents is 1. The van der Waals surface area contributed by atoms with Crippen molar-refractivity contribution in [2.24, 2.45) is 5.92 Å². The summed E-state index contributed by atoms with van der Waals surface area (Å²) in [5.41, 5.74) is 10.8. The first-order chi connectivity index (χ1) is 11.2. The molecule has 0 aromatic heterocycles. The number of hydrogen-bond acceptors (Lipinski definition) is 3. The first-order valence-electron chi connectivity index (χ1n) is 8.48. The van der Waals surface area contributed by atoms with E-state index in [0.717, 1.165) is 25.1 Å². The normalized spacial score (nSPS) is 18.4. The smallest absolute Gasteiger partial charge is 0.115 e. The molecule has 0 saturated carbocycles. The van der Waals surface area contributed by atoms with Crippen molar-refractivity contribution in [1.82, 2.24) is 5.32 Å². The lowest BCUT2D eigenvalue weighted by atomic mass is 9.73. The number of nitrogens with one attached hydrogen (secondary N) is 1. The Kier molecular flexibility index (Phi) is 4.87. The van der Waals surface area contributed by atoms with Gasteiger partial charge in [0, 0.05) is 5.69 Å². The van der Waals surface area contributed by atoms with Crippen LogP contribution in [0, 0.1) is 5.92 Å². The van der Waals surface area contributed by atoms with Crippen molar-refractivity contribution in [2.75, 3.05) is 19.3 Å². The van der Waals surface area contributed by atoms with E-state index in [1.807, 2.05) is 31.3 Å². The van der Waals surface area contributed by atoms with E-state index in [-0.39, 0.29) is 0 Å². The van der Waals surface area contributed by atoms with E-state index in [9.17, 15) is 5.11 Å². The van der Waals surface area contributed by atoms with Gasteiger partial charge in [-0.15, -0.1) is 0 Å². The monoisotopic (exact) mass is 310 g/mol. The van der Waals surface area contributed by atoms with E-state index in [1.165, 1.54) is 29.5 Å². The van der Waals surface area contributed by atoms with Crippen LogP contribution in [-0.4, -0.2) is 18.7 Å². The number of aryl methyl sites for hydroxylation is 1. The molecule has 3 heteroatoms. The maximum absolute atomic E-state index is 9.76. The zero-order valence-corrected chi connectivity index (χ0v) is 13.8. The molecule has 122 valence electrons. The van der Waals surface area contributed by atoms with Gasteiger partial charge < -0.3 is 16.2 Å². The fourth-order valence-corrected chi connectivity index (χ4v) is 3.97.